The number of anilines is 2. The summed E-state index contributed by atoms with van der Waals surface area (Å²) < 4.78 is 0.703. The van der Waals surface area contributed by atoms with E-state index in [9.17, 15) is 4.79 Å². The molecular weight excluding hydrogens is 346 g/mol. The van der Waals surface area contributed by atoms with Gasteiger partial charge in [0.05, 0.1) is 5.75 Å². The van der Waals surface area contributed by atoms with Gasteiger partial charge in [-0.05, 0) is 12.8 Å². The van der Waals surface area contributed by atoms with Crippen LogP contribution in [0.25, 0.3) is 0 Å². The fourth-order valence-corrected chi connectivity index (χ4v) is 3.89. The zero-order chi connectivity index (χ0) is 16.8. The lowest BCUT2D eigenvalue weighted by Crippen LogP contribution is -2.27. The third-order valence-electron chi connectivity index (χ3n) is 3.59. The minimum absolute atomic E-state index is 0.0393. The van der Waals surface area contributed by atoms with E-state index in [-0.39, 0.29) is 5.91 Å². The van der Waals surface area contributed by atoms with E-state index in [1.165, 1.54) is 35.9 Å². The van der Waals surface area contributed by atoms with Crippen molar-refractivity contribution < 1.29 is 4.79 Å². The number of aromatic nitrogens is 4. The van der Waals surface area contributed by atoms with E-state index < -0.39 is 0 Å². The van der Waals surface area contributed by atoms with E-state index in [1.54, 1.807) is 6.33 Å². The van der Waals surface area contributed by atoms with Gasteiger partial charge in [0.1, 0.15) is 12.1 Å². The standard InChI is InChI=1S/C14H19N7OS2/c15-13-19-20-14(24-13)23-8-12(22)16-4-3-10-7-11(18-9-17-10)21-5-1-2-6-21/h7,9H,1-6,8H2,(H2,15,19)(H,16,22). The van der Waals surface area contributed by atoms with Crippen LogP contribution in [0.2, 0.25) is 0 Å². The second-order valence-corrected chi connectivity index (χ2v) is 7.59. The number of hydrogen-bond donors (Lipinski definition) is 2. The summed E-state index contributed by atoms with van der Waals surface area (Å²) in [5.41, 5.74) is 6.44. The van der Waals surface area contributed by atoms with Crippen LogP contribution >= 0.6 is 23.1 Å². The lowest BCUT2D eigenvalue weighted by atomic mass is 10.3. The van der Waals surface area contributed by atoms with E-state index in [4.69, 9.17) is 5.73 Å². The Labute approximate surface area is 148 Å². The molecule has 0 spiro atoms. The molecule has 2 aromatic rings. The Bertz CT molecular complexity index is 687. The fourth-order valence-electron chi connectivity index (χ4n) is 2.43. The maximum absolute atomic E-state index is 11.8. The predicted molar refractivity (Wildman–Crippen MR) is 95.2 cm³/mol. The summed E-state index contributed by atoms with van der Waals surface area (Å²) in [5, 5.41) is 10.9. The molecule has 2 aromatic heterocycles. The summed E-state index contributed by atoms with van der Waals surface area (Å²) in [4.78, 5) is 22.7. The zero-order valence-electron chi connectivity index (χ0n) is 13.1. The lowest BCUT2D eigenvalue weighted by molar-refractivity contribution is -0.118. The first kappa shape index (κ1) is 16.9. The highest BCUT2D eigenvalue weighted by molar-refractivity contribution is 8.01. The van der Waals surface area contributed by atoms with Crippen molar-refractivity contribution in [3.05, 3.63) is 18.1 Å². The number of amides is 1. The molecular formula is C14H19N7OS2. The van der Waals surface area contributed by atoms with E-state index in [1.807, 2.05) is 6.07 Å². The molecule has 1 fully saturated rings. The zero-order valence-corrected chi connectivity index (χ0v) is 14.8. The van der Waals surface area contributed by atoms with Crippen LogP contribution in [0.1, 0.15) is 18.5 Å². The number of nitrogen functional groups attached to an aromatic ring is 1. The van der Waals surface area contributed by atoms with E-state index in [0.717, 1.165) is 24.6 Å². The maximum Gasteiger partial charge on any atom is 0.230 e. The Morgan fingerprint density at radius 3 is 2.92 bits per heavy atom. The molecule has 10 heteroatoms. The molecule has 0 saturated carbocycles. The average molecular weight is 365 g/mol. The summed E-state index contributed by atoms with van der Waals surface area (Å²) in [6.07, 6.45) is 4.71. The highest BCUT2D eigenvalue weighted by Crippen LogP contribution is 2.23. The van der Waals surface area contributed by atoms with Crippen LogP contribution in [0.5, 0.6) is 0 Å². The van der Waals surface area contributed by atoms with E-state index in [0.29, 0.717) is 28.2 Å². The number of nitrogens with zero attached hydrogens (tertiary/aromatic N) is 5. The largest absolute Gasteiger partial charge is 0.374 e. The summed E-state index contributed by atoms with van der Waals surface area (Å²) in [6, 6.07) is 2.01. The SMILES string of the molecule is Nc1nnc(SCC(=O)NCCc2cc(N3CCCC3)ncn2)s1. The van der Waals surface area contributed by atoms with Gasteiger partial charge in [0.15, 0.2) is 4.34 Å². The lowest BCUT2D eigenvalue weighted by Gasteiger charge is -2.16. The molecule has 0 unspecified atom stereocenters. The van der Waals surface area contributed by atoms with E-state index in [2.05, 4.69) is 30.4 Å². The highest BCUT2D eigenvalue weighted by Gasteiger charge is 2.14. The molecule has 1 aliphatic rings. The summed E-state index contributed by atoms with van der Waals surface area (Å²) in [5.74, 6) is 1.24. The van der Waals surface area contributed by atoms with Gasteiger partial charge in [0, 0.05) is 37.8 Å². The van der Waals surface area contributed by atoms with Gasteiger partial charge < -0.3 is 16.0 Å². The highest BCUT2D eigenvalue weighted by atomic mass is 32.2. The van der Waals surface area contributed by atoms with Crippen molar-refractivity contribution in [2.75, 3.05) is 36.0 Å². The molecule has 3 rings (SSSR count). The normalized spacial score (nSPS) is 14.1. The van der Waals surface area contributed by atoms with Gasteiger partial charge in [0.25, 0.3) is 0 Å². The molecule has 128 valence electrons. The van der Waals surface area contributed by atoms with Crippen molar-refractivity contribution in [1.29, 1.82) is 0 Å². The van der Waals surface area contributed by atoms with E-state index >= 15 is 0 Å². The van der Waals surface area contributed by atoms with Crippen molar-refractivity contribution in [1.82, 2.24) is 25.5 Å². The van der Waals surface area contributed by atoms with Gasteiger partial charge in [-0.1, -0.05) is 23.1 Å². The van der Waals surface area contributed by atoms with Crippen LogP contribution in [0.4, 0.5) is 10.9 Å². The Morgan fingerprint density at radius 2 is 2.17 bits per heavy atom. The number of hydrogen-bond acceptors (Lipinski definition) is 9. The molecule has 3 heterocycles. The molecule has 1 aliphatic heterocycles. The molecule has 0 radical (unpaired) electrons. The van der Waals surface area contributed by atoms with Crippen molar-refractivity contribution >= 4 is 40.0 Å². The molecule has 1 amide bonds. The third-order valence-corrected chi connectivity index (χ3v) is 5.48. The van der Waals surface area contributed by atoms with Crippen molar-refractivity contribution in [3.8, 4) is 0 Å². The Kier molecular flexibility index (Phi) is 5.81. The average Bonchev–Trinajstić information content (AvgIpc) is 3.25. The smallest absolute Gasteiger partial charge is 0.230 e. The van der Waals surface area contributed by atoms with Gasteiger partial charge >= 0.3 is 0 Å². The maximum atomic E-state index is 11.8. The van der Waals surface area contributed by atoms with Gasteiger partial charge in [-0.25, -0.2) is 9.97 Å². The van der Waals surface area contributed by atoms with Gasteiger partial charge in [-0.3, -0.25) is 4.79 Å². The topological polar surface area (TPSA) is 110 Å². The number of nitrogens with one attached hydrogen (secondary N) is 1. The minimum Gasteiger partial charge on any atom is -0.374 e. The minimum atomic E-state index is -0.0393. The summed E-state index contributed by atoms with van der Waals surface area (Å²) in [7, 11) is 0. The molecule has 0 atom stereocenters. The second kappa shape index (κ2) is 8.25. The Balaban J connectivity index is 1.41. The number of carbonyl (C=O) groups is 1. The molecule has 8 nitrogen and oxygen atoms in total. The first-order valence-corrected chi connectivity index (χ1v) is 9.55. The molecule has 3 N–H and O–H groups in total. The first-order chi connectivity index (χ1) is 11.7. The van der Waals surface area contributed by atoms with Crippen LogP contribution in [-0.4, -0.2) is 51.5 Å². The van der Waals surface area contributed by atoms with Gasteiger partial charge in [-0.15, -0.1) is 10.2 Å². The van der Waals surface area contributed by atoms with Crippen LogP contribution in [0.3, 0.4) is 0 Å². The quantitative estimate of drug-likeness (QED) is 0.698. The van der Waals surface area contributed by atoms with Crippen LogP contribution in [-0.2, 0) is 11.2 Å². The number of rotatable bonds is 7. The number of thioether (sulfide) groups is 1. The van der Waals surface area contributed by atoms with Crippen molar-refractivity contribution in [3.63, 3.8) is 0 Å². The van der Waals surface area contributed by atoms with Crippen molar-refractivity contribution in [2.45, 2.75) is 23.6 Å². The van der Waals surface area contributed by atoms with Crippen molar-refractivity contribution in [2.24, 2.45) is 0 Å². The van der Waals surface area contributed by atoms with Crippen LogP contribution in [0, 0.1) is 0 Å². The Hall–Kier alpha value is -1.94. The monoisotopic (exact) mass is 365 g/mol. The first-order valence-electron chi connectivity index (χ1n) is 7.75. The molecule has 24 heavy (non-hydrogen) atoms. The van der Waals surface area contributed by atoms with Crippen LogP contribution < -0.4 is 16.0 Å². The molecule has 0 bridgehead atoms. The summed E-state index contributed by atoms with van der Waals surface area (Å²) in [6.45, 7) is 2.66. The molecule has 1 saturated heterocycles. The third kappa shape index (κ3) is 4.78. The number of nitrogens with two attached hydrogens (primary N) is 1. The van der Waals surface area contributed by atoms with Gasteiger partial charge in [-0.2, -0.15) is 0 Å². The summed E-state index contributed by atoms with van der Waals surface area (Å²) >= 11 is 2.62. The Morgan fingerprint density at radius 1 is 1.33 bits per heavy atom. The fraction of sp³-hybridized carbons (Fsp3) is 0.500. The molecule has 0 aliphatic carbocycles. The van der Waals surface area contributed by atoms with Crippen LogP contribution in [0.15, 0.2) is 16.7 Å². The predicted octanol–water partition coefficient (Wildman–Crippen LogP) is 0.961. The number of carbonyl (C=O) groups excluding carboxylic acids is 1. The second-order valence-electron chi connectivity index (χ2n) is 5.36. The van der Waals surface area contributed by atoms with Gasteiger partial charge in [0.2, 0.25) is 11.0 Å². The molecule has 0 aromatic carbocycles.